The molecule has 0 spiro atoms. The van der Waals surface area contributed by atoms with Crippen LogP contribution in [0.5, 0.6) is 0 Å². The Kier molecular flexibility index (Phi) is 5.50. The highest BCUT2D eigenvalue weighted by Crippen LogP contribution is 2.54. The van der Waals surface area contributed by atoms with Gasteiger partial charge in [0.05, 0.1) is 30.0 Å². The zero-order chi connectivity index (χ0) is 21.2. The zero-order valence-corrected chi connectivity index (χ0v) is 16.5. The molecule has 0 bridgehead atoms. The van der Waals surface area contributed by atoms with Crippen molar-refractivity contribution in [2.45, 2.75) is 12.8 Å². The van der Waals surface area contributed by atoms with Crippen LogP contribution in [0.1, 0.15) is 18.4 Å². The van der Waals surface area contributed by atoms with Crippen molar-refractivity contribution in [3.05, 3.63) is 57.8 Å². The molecule has 8 heteroatoms. The maximum Gasteiger partial charge on any atom is 0.410 e. The van der Waals surface area contributed by atoms with E-state index >= 15 is 0 Å². The van der Waals surface area contributed by atoms with Crippen LogP contribution in [-0.4, -0.2) is 30.7 Å². The Morgan fingerprint density at radius 3 is 2.69 bits per heavy atom. The van der Waals surface area contributed by atoms with Gasteiger partial charge in [0.1, 0.15) is 6.07 Å². The number of nitrogens with zero attached hydrogens (tertiary/aromatic N) is 4. The Morgan fingerprint density at radius 2 is 2.10 bits per heavy atom. The van der Waals surface area contributed by atoms with Crippen molar-refractivity contribution in [1.29, 1.82) is 15.8 Å². The maximum atomic E-state index is 12.3. The van der Waals surface area contributed by atoms with Gasteiger partial charge in [-0.15, -0.1) is 0 Å². The second-order valence-electron chi connectivity index (χ2n) is 6.83. The number of rotatable bonds is 2. The van der Waals surface area contributed by atoms with Crippen molar-refractivity contribution < 1.29 is 9.53 Å². The number of allylic oxidation sites excluding steroid dienone is 2. The molecular formula is C21H18ClN5O2. The molecule has 2 N–H and O–H groups in total. The van der Waals surface area contributed by atoms with E-state index in [4.69, 9.17) is 22.1 Å². The van der Waals surface area contributed by atoms with Gasteiger partial charge in [0.25, 0.3) is 0 Å². The molecule has 0 fully saturated rings. The van der Waals surface area contributed by atoms with Crippen LogP contribution in [0.2, 0.25) is 5.02 Å². The first-order valence-corrected chi connectivity index (χ1v) is 9.41. The average Bonchev–Trinajstić information content (AvgIpc) is 2.73. The second kappa shape index (κ2) is 7.87. The third-order valence-electron chi connectivity index (χ3n) is 5.40. The van der Waals surface area contributed by atoms with E-state index in [2.05, 4.69) is 18.2 Å². The smallest absolute Gasteiger partial charge is 0.410 e. The molecule has 0 unspecified atom stereocenters. The largest absolute Gasteiger partial charge is 0.450 e. The van der Waals surface area contributed by atoms with Crippen LogP contribution in [0.3, 0.4) is 0 Å². The van der Waals surface area contributed by atoms with E-state index in [0.29, 0.717) is 16.2 Å². The van der Waals surface area contributed by atoms with Gasteiger partial charge >= 0.3 is 6.09 Å². The molecule has 0 radical (unpaired) electrons. The topological polar surface area (TPSA) is 127 Å². The summed E-state index contributed by atoms with van der Waals surface area (Å²) >= 11 is 6.17. The summed E-state index contributed by atoms with van der Waals surface area (Å²) in [5.74, 6) is -1.20. The summed E-state index contributed by atoms with van der Waals surface area (Å²) in [6, 6.07) is 13.0. The van der Waals surface area contributed by atoms with Gasteiger partial charge in [0, 0.05) is 29.9 Å². The summed E-state index contributed by atoms with van der Waals surface area (Å²) in [7, 11) is 0. The molecule has 2 aliphatic rings. The Labute approximate surface area is 173 Å². The molecule has 3 rings (SSSR count). The minimum Gasteiger partial charge on any atom is -0.450 e. The highest BCUT2D eigenvalue weighted by atomic mass is 35.5. The first-order chi connectivity index (χ1) is 13.9. The van der Waals surface area contributed by atoms with Gasteiger partial charge in [-0.25, -0.2) is 4.79 Å². The third-order valence-corrected chi connectivity index (χ3v) is 5.63. The number of fused-ring (bicyclic) bond motifs is 1. The van der Waals surface area contributed by atoms with Crippen molar-refractivity contribution in [1.82, 2.24) is 4.90 Å². The molecule has 1 amide bonds. The van der Waals surface area contributed by atoms with Crippen molar-refractivity contribution in [2.75, 3.05) is 19.7 Å². The number of halogens is 1. The lowest BCUT2D eigenvalue weighted by molar-refractivity contribution is 0.0999. The lowest BCUT2D eigenvalue weighted by Gasteiger charge is -2.45. The van der Waals surface area contributed by atoms with Gasteiger partial charge < -0.3 is 15.4 Å². The predicted molar refractivity (Wildman–Crippen MR) is 105 cm³/mol. The molecule has 1 aliphatic carbocycles. The number of carbonyl (C=O) groups is 1. The zero-order valence-electron chi connectivity index (χ0n) is 15.7. The second-order valence-corrected chi connectivity index (χ2v) is 7.27. The van der Waals surface area contributed by atoms with E-state index in [1.165, 1.54) is 4.90 Å². The van der Waals surface area contributed by atoms with Crippen molar-refractivity contribution >= 4 is 17.7 Å². The molecule has 1 heterocycles. The summed E-state index contributed by atoms with van der Waals surface area (Å²) in [5, 5.41) is 30.2. The fraction of sp³-hybridized carbons (Fsp3) is 0.333. The van der Waals surface area contributed by atoms with Crippen LogP contribution in [0, 0.1) is 45.3 Å². The van der Waals surface area contributed by atoms with Crippen LogP contribution in [0.4, 0.5) is 4.79 Å². The summed E-state index contributed by atoms with van der Waals surface area (Å²) in [6.45, 7) is 2.37. The summed E-state index contributed by atoms with van der Waals surface area (Å²) in [4.78, 5) is 13.8. The number of ether oxygens (including phenoxy) is 1. The van der Waals surface area contributed by atoms with E-state index < -0.39 is 23.3 Å². The fourth-order valence-corrected chi connectivity index (χ4v) is 4.32. The van der Waals surface area contributed by atoms with Gasteiger partial charge in [-0.1, -0.05) is 29.8 Å². The number of carbonyl (C=O) groups excluding carboxylic acids is 1. The standard InChI is InChI=1S/C21H18ClN5O2/c1-2-29-20(28)27-7-6-15-16(9-23)19(26)21(11-24,12-25)18(17(15)10-27)13-4-3-5-14(22)8-13/h3-6,8,17-18H,2,7,10,26H2,1H3/t17-,18+/m0/s1. The van der Waals surface area contributed by atoms with Crippen molar-refractivity contribution in [3.8, 4) is 18.2 Å². The van der Waals surface area contributed by atoms with Crippen molar-refractivity contribution in [3.63, 3.8) is 0 Å². The molecule has 29 heavy (non-hydrogen) atoms. The van der Waals surface area contributed by atoms with E-state index in [1.54, 1.807) is 37.3 Å². The Balaban J connectivity index is 2.24. The minimum atomic E-state index is -1.77. The third kappa shape index (κ3) is 3.18. The summed E-state index contributed by atoms with van der Waals surface area (Å²) in [5.41, 5.74) is 5.80. The number of benzene rings is 1. The van der Waals surface area contributed by atoms with Crippen molar-refractivity contribution in [2.24, 2.45) is 17.1 Å². The van der Waals surface area contributed by atoms with Crippen LogP contribution < -0.4 is 5.73 Å². The summed E-state index contributed by atoms with van der Waals surface area (Å²) in [6.07, 6.45) is 1.25. The molecule has 0 saturated carbocycles. The van der Waals surface area contributed by atoms with Gasteiger partial charge in [0.2, 0.25) is 0 Å². The molecular weight excluding hydrogens is 390 g/mol. The lowest BCUT2D eigenvalue weighted by atomic mass is 9.58. The van der Waals surface area contributed by atoms with Gasteiger partial charge in [-0.05, 0) is 30.2 Å². The maximum absolute atomic E-state index is 12.3. The number of nitriles is 3. The van der Waals surface area contributed by atoms with Crippen LogP contribution in [0.25, 0.3) is 0 Å². The quantitative estimate of drug-likeness (QED) is 0.801. The molecule has 2 atom stereocenters. The highest BCUT2D eigenvalue weighted by molar-refractivity contribution is 6.30. The first kappa shape index (κ1) is 20.3. The molecule has 1 aromatic rings. The fourth-order valence-electron chi connectivity index (χ4n) is 4.12. The van der Waals surface area contributed by atoms with Gasteiger partial charge in [-0.3, -0.25) is 0 Å². The van der Waals surface area contributed by atoms with E-state index in [9.17, 15) is 20.6 Å². The SMILES string of the molecule is CCOC(=O)N1CC=C2C(C#N)=C(N)C(C#N)(C#N)[C@H](c3cccc(Cl)c3)[C@H]2C1. The van der Waals surface area contributed by atoms with Crippen LogP contribution in [0.15, 0.2) is 47.2 Å². The number of nitrogens with two attached hydrogens (primary N) is 1. The monoisotopic (exact) mass is 407 g/mol. The van der Waals surface area contributed by atoms with Crippen LogP contribution >= 0.6 is 11.6 Å². The van der Waals surface area contributed by atoms with E-state index in [-0.39, 0.29) is 31.0 Å². The molecule has 1 aliphatic heterocycles. The van der Waals surface area contributed by atoms with E-state index in [1.807, 2.05) is 0 Å². The molecule has 0 aromatic heterocycles. The Bertz CT molecular complexity index is 1030. The number of hydrogen-bond donors (Lipinski definition) is 1. The summed E-state index contributed by atoms with van der Waals surface area (Å²) < 4.78 is 5.10. The normalized spacial score (nSPS) is 22.4. The van der Waals surface area contributed by atoms with Gasteiger partial charge in [0.15, 0.2) is 5.41 Å². The Hall–Kier alpha value is -3.47. The molecule has 146 valence electrons. The molecule has 1 aromatic carbocycles. The average molecular weight is 408 g/mol. The van der Waals surface area contributed by atoms with Gasteiger partial charge in [-0.2, -0.15) is 15.8 Å². The predicted octanol–water partition coefficient (Wildman–Crippen LogP) is 3.22. The minimum absolute atomic E-state index is 0.0675. The molecule has 0 saturated heterocycles. The number of hydrogen-bond acceptors (Lipinski definition) is 6. The molecule has 7 nitrogen and oxygen atoms in total. The Morgan fingerprint density at radius 1 is 1.38 bits per heavy atom. The highest BCUT2D eigenvalue weighted by Gasteiger charge is 2.54. The van der Waals surface area contributed by atoms with Crippen LogP contribution in [-0.2, 0) is 4.74 Å². The lowest BCUT2D eigenvalue weighted by Crippen LogP contribution is -2.49. The first-order valence-electron chi connectivity index (χ1n) is 9.03. The van der Waals surface area contributed by atoms with E-state index in [0.717, 1.165) is 0 Å². The number of amides is 1.